The fraction of sp³-hybridized carbons (Fsp3) is 0.389. The number of aromatic nitrogens is 1. The number of thiazole rings is 1. The third-order valence-electron chi connectivity index (χ3n) is 5.00. The predicted molar refractivity (Wildman–Crippen MR) is 93.6 cm³/mol. The number of nitrogens with zero attached hydrogens (tertiary/aromatic N) is 1. The number of carbonyl (C=O) groups is 2. The first-order chi connectivity index (χ1) is 11.0. The van der Waals surface area contributed by atoms with Crippen LogP contribution in [0.1, 0.15) is 35.8 Å². The van der Waals surface area contributed by atoms with Crippen molar-refractivity contribution < 1.29 is 9.59 Å². The van der Waals surface area contributed by atoms with E-state index >= 15 is 0 Å². The van der Waals surface area contributed by atoms with Gasteiger partial charge < -0.3 is 0 Å². The van der Waals surface area contributed by atoms with Crippen LogP contribution in [0.25, 0.3) is 10.6 Å². The molecule has 1 aromatic heterocycles. The van der Waals surface area contributed by atoms with E-state index in [-0.39, 0.29) is 23.4 Å². The lowest BCUT2D eigenvalue weighted by Gasteiger charge is -2.24. The molecule has 0 radical (unpaired) electrons. The Balaban J connectivity index is 1.73. The van der Waals surface area contributed by atoms with E-state index in [1.54, 1.807) is 11.3 Å². The number of hydrogen-bond acceptors (Lipinski definition) is 4. The van der Waals surface area contributed by atoms with Gasteiger partial charge in [-0.05, 0) is 38.3 Å². The van der Waals surface area contributed by atoms with Gasteiger partial charge in [0.2, 0.25) is 0 Å². The lowest BCUT2D eigenvalue weighted by atomic mass is 9.77. The number of ketones is 2. The Morgan fingerprint density at radius 2 is 1.70 bits per heavy atom. The molecule has 3 atom stereocenters. The summed E-state index contributed by atoms with van der Waals surface area (Å²) in [5, 5.41) is 0.878. The van der Waals surface area contributed by atoms with Gasteiger partial charge in [-0.3, -0.25) is 9.59 Å². The van der Waals surface area contributed by atoms with Crippen LogP contribution in [0.2, 0.25) is 0 Å². The molecule has 2 saturated carbocycles. The van der Waals surface area contributed by atoms with Crippen molar-refractivity contribution in [3.63, 3.8) is 0 Å². The Bertz CT molecular complexity index is 774. The first kappa shape index (κ1) is 15.2. The van der Waals surface area contributed by atoms with Gasteiger partial charge in [-0.25, -0.2) is 4.98 Å². The summed E-state index contributed by atoms with van der Waals surface area (Å²) >= 11 is 4.99. The average Bonchev–Trinajstić information content (AvgIpc) is 3.13. The number of fused-ring (bicyclic) bond motifs is 2. The van der Waals surface area contributed by atoms with Crippen LogP contribution in [-0.2, 0) is 9.59 Å². The third-order valence-corrected chi connectivity index (χ3v) is 6.57. The Hall–Kier alpha value is -1.33. The summed E-state index contributed by atoms with van der Waals surface area (Å²) in [5.41, 5.74) is 1.71. The van der Waals surface area contributed by atoms with E-state index in [2.05, 4.69) is 15.9 Å². The molecule has 0 saturated heterocycles. The maximum Gasteiger partial charge on any atom is 0.152 e. The smallest absolute Gasteiger partial charge is 0.152 e. The van der Waals surface area contributed by atoms with Crippen molar-refractivity contribution in [3.05, 3.63) is 39.3 Å². The van der Waals surface area contributed by atoms with Gasteiger partial charge in [0.1, 0.15) is 10.9 Å². The number of hydrogen-bond donors (Lipinski definition) is 0. The molecular weight excluding hydrogens is 374 g/mol. The molecule has 4 rings (SSSR count). The Morgan fingerprint density at radius 3 is 2.30 bits per heavy atom. The van der Waals surface area contributed by atoms with Crippen LogP contribution < -0.4 is 0 Å². The second-order valence-corrected chi connectivity index (χ2v) is 8.53. The number of rotatable bonds is 2. The van der Waals surface area contributed by atoms with Gasteiger partial charge in [0.25, 0.3) is 0 Å². The number of Topliss-reactive ketones (excluding diaryl/α,β-unsaturated/α-hetero) is 2. The quantitative estimate of drug-likeness (QED) is 0.708. The van der Waals surface area contributed by atoms with Crippen LogP contribution >= 0.6 is 27.3 Å². The van der Waals surface area contributed by atoms with Gasteiger partial charge in [0.05, 0.1) is 5.69 Å². The van der Waals surface area contributed by atoms with Crippen LogP contribution in [-0.4, -0.2) is 16.6 Å². The van der Waals surface area contributed by atoms with Crippen molar-refractivity contribution in [2.75, 3.05) is 0 Å². The van der Waals surface area contributed by atoms with Crippen molar-refractivity contribution >= 4 is 38.8 Å². The Labute approximate surface area is 147 Å². The maximum atomic E-state index is 12.7. The SMILES string of the molecule is Cc1sc(-c2ccc(Br)cc2)nc1C1C(=O)[C@@H]2CC[C@@H](C2)C1=O. The molecule has 2 fully saturated rings. The van der Waals surface area contributed by atoms with Crippen molar-refractivity contribution in [1.82, 2.24) is 4.98 Å². The predicted octanol–water partition coefficient (Wildman–Crippen LogP) is 4.53. The highest BCUT2D eigenvalue weighted by Gasteiger charge is 2.48. The highest BCUT2D eigenvalue weighted by Crippen LogP contribution is 2.45. The van der Waals surface area contributed by atoms with Crippen molar-refractivity contribution in [2.45, 2.75) is 32.1 Å². The van der Waals surface area contributed by atoms with Gasteiger partial charge in [-0.15, -0.1) is 11.3 Å². The van der Waals surface area contributed by atoms with Crippen LogP contribution in [0.5, 0.6) is 0 Å². The normalized spacial score (nSPS) is 26.8. The summed E-state index contributed by atoms with van der Waals surface area (Å²) in [5.74, 6) is -0.291. The Kier molecular flexibility index (Phi) is 3.73. The zero-order valence-corrected chi connectivity index (χ0v) is 15.1. The molecule has 2 aliphatic rings. The van der Waals surface area contributed by atoms with E-state index in [4.69, 9.17) is 4.98 Å². The zero-order chi connectivity index (χ0) is 16.1. The molecule has 2 aliphatic carbocycles. The molecule has 0 aliphatic heterocycles. The fourth-order valence-corrected chi connectivity index (χ4v) is 4.99. The zero-order valence-electron chi connectivity index (χ0n) is 12.7. The largest absolute Gasteiger partial charge is 0.298 e. The summed E-state index contributed by atoms with van der Waals surface area (Å²) < 4.78 is 1.02. The van der Waals surface area contributed by atoms with Crippen molar-refractivity contribution in [2.24, 2.45) is 11.8 Å². The summed E-state index contributed by atoms with van der Waals surface area (Å²) in [6.07, 6.45) is 2.50. The van der Waals surface area contributed by atoms with E-state index in [1.807, 2.05) is 31.2 Å². The van der Waals surface area contributed by atoms with E-state index in [9.17, 15) is 9.59 Å². The number of aryl methyl sites for hydroxylation is 1. The van der Waals surface area contributed by atoms with Gasteiger partial charge >= 0.3 is 0 Å². The van der Waals surface area contributed by atoms with Gasteiger partial charge in [0.15, 0.2) is 11.6 Å². The first-order valence-electron chi connectivity index (χ1n) is 7.85. The van der Waals surface area contributed by atoms with Crippen LogP contribution in [0.3, 0.4) is 0 Å². The molecule has 3 nitrogen and oxygen atoms in total. The number of carbonyl (C=O) groups excluding carboxylic acids is 2. The molecule has 118 valence electrons. The van der Waals surface area contributed by atoms with E-state index in [0.29, 0.717) is 5.69 Å². The summed E-state index contributed by atoms with van der Waals surface area (Å²) in [6, 6.07) is 7.95. The lowest BCUT2D eigenvalue weighted by molar-refractivity contribution is -0.136. The highest BCUT2D eigenvalue weighted by atomic mass is 79.9. The molecule has 0 amide bonds. The molecule has 5 heteroatoms. The molecule has 1 heterocycles. The average molecular weight is 390 g/mol. The van der Waals surface area contributed by atoms with Gasteiger partial charge in [-0.1, -0.05) is 28.1 Å². The van der Waals surface area contributed by atoms with Crippen molar-refractivity contribution in [3.8, 4) is 10.6 Å². The van der Waals surface area contributed by atoms with E-state index < -0.39 is 5.92 Å². The monoisotopic (exact) mass is 389 g/mol. The Morgan fingerprint density at radius 1 is 1.09 bits per heavy atom. The standard InChI is InChI=1S/C18H16BrNO2S/c1-9-15(14-16(21)11-2-3-12(8-11)17(14)22)20-18(23-9)10-4-6-13(19)7-5-10/h4-7,11-12,14H,2-3,8H2,1H3/t11-,12+,14?. The summed E-state index contributed by atoms with van der Waals surface area (Å²) in [6.45, 7) is 1.96. The molecule has 2 bridgehead atoms. The minimum Gasteiger partial charge on any atom is -0.298 e. The molecule has 1 unspecified atom stereocenters. The summed E-state index contributed by atoms with van der Waals surface area (Å²) in [7, 11) is 0. The topological polar surface area (TPSA) is 47.0 Å². The molecule has 0 spiro atoms. The van der Waals surface area contributed by atoms with E-state index in [0.717, 1.165) is 39.2 Å². The second-order valence-electron chi connectivity index (χ2n) is 6.41. The maximum absolute atomic E-state index is 12.7. The summed E-state index contributed by atoms with van der Waals surface area (Å²) in [4.78, 5) is 31.0. The number of halogens is 1. The minimum absolute atomic E-state index is 0.0694. The molecule has 1 aromatic carbocycles. The van der Waals surface area contributed by atoms with Crippen LogP contribution in [0.15, 0.2) is 28.7 Å². The lowest BCUT2D eigenvalue weighted by Crippen LogP contribution is -2.35. The second kappa shape index (κ2) is 5.64. The third kappa shape index (κ3) is 2.50. The minimum atomic E-state index is -0.623. The first-order valence-corrected chi connectivity index (χ1v) is 9.46. The molecule has 23 heavy (non-hydrogen) atoms. The van der Waals surface area contributed by atoms with Crippen molar-refractivity contribution in [1.29, 1.82) is 0 Å². The van der Waals surface area contributed by atoms with Gasteiger partial charge in [-0.2, -0.15) is 0 Å². The molecule has 0 N–H and O–H groups in total. The molecule has 2 aromatic rings. The van der Waals surface area contributed by atoms with Gasteiger partial charge in [0, 0.05) is 26.7 Å². The highest BCUT2D eigenvalue weighted by molar-refractivity contribution is 9.10. The van der Waals surface area contributed by atoms with Crippen LogP contribution in [0, 0.1) is 18.8 Å². The molecular formula is C18H16BrNO2S. The fourth-order valence-electron chi connectivity index (χ4n) is 3.77. The number of benzene rings is 1. The van der Waals surface area contributed by atoms with E-state index in [1.165, 1.54) is 0 Å². The van der Waals surface area contributed by atoms with Crippen LogP contribution in [0.4, 0.5) is 0 Å².